The Balaban J connectivity index is 0.00000196. The van der Waals surface area contributed by atoms with Gasteiger partial charge in [-0.15, -0.1) is 10.00 Å². The van der Waals surface area contributed by atoms with E-state index in [9.17, 15) is 9.46 Å². The van der Waals surface area contributed by atoms with Gasteiger partial charge < -0.3 is 9.42 Å². The van der Waals surface area contributed by atoms with Crippen molar-refractivity contribution in [1.82, 2.24) is 0 Å². The average Bonchev–Trinajstić information content (AvgIpc) is 2.17. The molecule has 0 amide bonds. The molecule has 0 aromatic heterocycles. The van der Waals surface area contributed by atoms with Crippen molar-refractivity contribution in [1.29, 1.82) is 0 Å². The maximum absolute atomic E-state index is 10.8. The topological polar surface area (TPSA) is 74.1 Å². The molecule has 1 atom stereocenters. The van der Waals surface area contributed by atoms with E-state index in [4.69, 9.17) is 0 Å². The standard InChI is InChI=1S/C8H11N2O3P.Na/c1-7-5-3-4-6-8(7)9-10-14(11,12)13-2;/h3-6H,1-2H3,(H,11,12);/q;+1/p-1. The van der Waals surface area contributed by atoms with Gasteiger partial charge in [-0.1, -0.05) is 18.2 Å². The fourth-order valence-electron chi connectivity index (χ4n) is 0.815. The van der Waals surface area contributed by atoms with Crippen LogP contribution in [0.4, 0.5) is 5.69 Å². The van der Waals surface area contributed by atoms with Gasteiger partial charge in [-0.2, -0.15) is 0 Å². The van der Waals surface area contributed by atoms with Crippen molar-refractivity contribution in [2.75, 3.05) is 7.11 Å². The van der Waals surface area contributed by atoms with Crippen molar-refractivity contribution in [2.45, 2.75) is 6.92 Å². The number of hydrogen-bond donors (Lipinski definition) is 0. The summed E-state index contributed by atoms with van der Waals surface area (Å²) in [4.78, 5) is 13.9. The fourth-order valence-corrected chi connectivity index (χ4v) is 1.09. The van der Waals surface area contributed by atoms with Crippen LogP contribution in [0, 0.1) is 6.92 Å². The third-order valence-electron chi connectivity index (χ3n) is 1.61. The van der Waals surface area contributed by atoms with Crippen LogP contribution in [0.25, 0.3) is 0 Å². The predicted molar refractivity (Wildman–Crippen MR) is 50.3 cm³/mol. The third-order valence-corrected chi connectivity index (χ3v) is 2.38. The SMILES string of the molecule is COP(=O)([O-])N=Nc1ccccc1C.[Na+]. The zero-order valence-electron chi connectivity index (χ0n) is 8.88. The molecule has 76 valence electrons. The van der Waals surface area contributed by atoms with Gasteiger partial charge in [-0.3, -0.25) is 4.57 Å². The van der Waals surface area contributed by atoms with Crippen LogP contribution in [-0.4, -0.2) is 7.11 Å². The second-order valence-electron chi connectivity index (χ2n) is 2.63. The second kappa shape index (κ2) is 6.53. The molecule has 0 aliphatic heterocycles. The molecule has 7 heteroatoms. The summed E-state index contributed by atoms with van der Waals surface area (Å²) in [6.45, 7) is 1.82. The van der Waals surface area contributed by atoms with Gasteiger partial charge in [-0.05, 0) is 18.6 Å². The number of aryl methyl sites for hydroxylation is 1. The smallest absolute Gasteiger partial charge is 0.759 e. The van der Waals surface area contributed by atoms with E-state index in [0.717, 1.165) is 12.7 Å². The molecule has 0 saturated heterocycles. The molecule has 0 bridgehead atoms. The van der Waals surface area contributed by atoms with Crippen molar-refractivity contribution in [3.8, 4) is 0 Å². The molecule has 1 aromatic carbocycles. The van der Waals surface area contributed by atoms with E-state index >= 15 is 0 Å². The van der Waals surface area contributed by atoms with Gasteiger partial charge in [0, 0.05) is 7.11 Å². The molecule has 0 fully saturated rings. The molecule has 0 N–H and O–H groups in total. The summed E-state index contributed by atoms with van der Waals surface area (Å²) in [5.74, 6) is 0. The number of benzene rings is 1. The van der Waals surface area contributed by atoms with Crippen LogP contribution in [0.5, 0.6) is 0 Å². The minimum Gasteiger partial charge on any atom is -0.759 e. The Bertz CT molecular complexity index is 397. The molecule has 0 spiro atoms. The van der Waals surface area contributed by atoms with Gasteiger partial charge in [0.05, 0.1) is 5.69 Å². The molecule has 5 nitrogen and oxygen atoms in total. The molecule has 15 heavy (non-hydrogen) atoms. The molecular formula is C8H10N2NaO3P. The molecule has 1 rings (SSSR count). The van der Waals surface area contributed by atoms with Gasteiger partial charge in [0.15, 0.2) is 0 Å². The Hall–Kier alpha value is -0.0300. The Morgan fingerprint density at radius 3 is 2.53 bits per heavy atom. The van der Waals surface area contributed by atoms with Crippen molar-refractivity contribution in [3.05, 3.63) is 29.8 Å². The molecule has 0 aliphatic carbocycles. The van der Waals surface area contributed by atoms with Crippen molar-refractivity contribution in [2.24, 2.45) is 10.00 Å². The van der Waals surface area contributed by atoms with Gasteiger partial charge in [-0.25, -0.2) is 0 Å². The Kier molecular flexibility index (Phi) is 6.52. The first-order valence-electron chi connectivity index (χ1n) is 3.91. The number of nitrogens with zero attached hydrogens (tertiary/aromatic N) is 2. The second-order valence-corrected chi connectivity index (χ2v) is 4.11. The summed E-state index contributed by atoms with van der Waals surface area (Å²) in [6, 6.07) is 7.08. The van der Waals surface area contributed by atoms with Crippen molar-refractivity contribution in [3.63, 3.8) is 0 Å². The Labute approximate surface area is 110 Å². The van der Waals surface area contributed by atoms with Gasteiger partial charge in [0.2, 0.25) is 0 Å². The minimum atomic E-state index is -4.15. The summed E-state index contributed by atoms with van der Waals surface area (Å²) in [5.41, 5.74) is 1.37. The first-order valence-corrected chi connectivity index (χ1v) is 5.40. The first kappa shape index (κ1) is 15.0. The normalized spacial score (nSPS) is 14.6. The number of hydrogen-bond acceptors (Lipinski definition) is 4. The first-order chi connectivity index (χ1) is 6.55. The third kappa shape index (κ3) is 5.02. The largest absolute Gasteiger partial charge is 1.00 e. The van der Waals surface area contributed by atoms with E-state index in [0.29, 0.717) is 5.69 Å². The predicted octanol–water partition coefficient (Wildman–Crippen LogP) is -0.802. The fraction of sp³-hybridized carbons (Fsp3) is 0.250. The Morgan fingerprint density at radius 1 is 1.40 bits per heavy atom. The van der Waals surface area contributed by atoms with Crippen molar-refractivity contribution >= 4 is 13.4 Å². The summed E-state index contributed by atoms with van der Waals surface area (Å²) in [5, 5.41) is 3.57. The summed E-state index contributed by atoms with van der Waals surface area (Å²) < 4.78 is 15.0. The summed E-state index contributed by atoms with van der Waals surface area (Å²) in [6.07, 6.45) is 0. The molecule has 0 heterocycles. The minimum absolute atomic E-state index is 0. The average molecular weight is 236 g/mol. The summed E-state index contributed by atoms with van der Waals surface area (Å²) >= 11 is 0. The van der Waals surface area contributed by atoms with Crippen LogP contribution in [0.2, 0.25) is 0 Å². The van der Waals surface area contributed by atoms with E-state index < -0.39 is 7.75 Å². The van der Waals surface area contributed by atoms with Crippen LogP contribution >= 0.6 is 7.75 Å². The van der Waals surface area contributed by atoms with E-state index in [2.05, 4.69) is 14.5 Å². The van der Waals surface area contributed by atoms with Crippen LogP contribution in [0.15, 0.2) is 34.3 Å². The van der Waals surface area contributed by atoms with E-state index in [1.807, 2.05) is 19.1 Å². The molecule has 0 radical (unpaired) electrons. The van der Waals surface area contributed by atoms with Gasteiger partial charge >= 0.3 is 29.6 Å². The Morgan fingerprint density at radius 2 is 2.00 bits per heavy atom. The van der Waals surface area contributed by atoms with Gasteiger partial charge in [0.1, 0.15) is 0 Å². The molecule has 1 aromatic rings. The van der Waals surface area contributed by atoms with E-state index in [1.165, 1.54) is 0 Å². The quantitative estimate of drug-likeness (QED) is 0.391. The zero-order valence-corrected chi connectivity index (χ0v) is 11.8. The van der Waals surface area contributed by atoms with Crippen LogP contribution in [0.3, 0.4) is 0 Å². The van der Waals surface area contributed by atoms with Gasteiger partial charge in [0.25, 0.3) is 7.75 Å². The maximum atomic E-state index is 10.8. The zero-order chi connectivity index (χ0) is 10.6. The van der Waals surface area contributed by atoms with Crippen LogP contribution in [-0.2, 0) is 9.09 Å². The maximum Gasteiger partial charge on any atom is 1.00 e. The van der Waals surface area contributed by atoms with E-state index in [-0.39, 0.29) is 29.6 Å². The summed E-state index contributed by atoms with van der Waals surface area (Å²) in [7, 11) is -3.10. The molecule has 0 aliphatic rings. The molecule has 0 saturated carbocycles. The molecular weight excluding hydrogens is 226 g/mol. The monoisotopic (exact) mass is 236 g/mol. The van der Waals surface area contributed by atoms with E-state index in [1.54, 1.807) is 12.1 Å². The molecule has 1 unspecified atom stereocenters. The number of rotatable bonds is 3. The van der Waals surface area contributed by atoms with Crippen LogP contribution < -0.4 is 34.5 Å². The van der Waals surface area contributed by atoms with Crippen molar-refractivity contribution < 1.29 is 43.5 Å². The van der Waals surface area contributed by atoms with Crippen LogP contribution in [0.1, 0.15) is 5.56 Å².